The lowest BCUT2D eigenvalue weighted by Gasteiger charge is -2.11. The number of nitrogens with zero attached hydrogens (tertiary/aromatic N) is 3. The molecule has 0 aliphatic carbocycles. The fourth-order valence-corrected chi connectivity index (χ4v) is 3.44. The van der Waals surface area contributed by atoms with Gasteiger partial charge in [-0.2, -0.15) is 0 Å². The van der Waals surface area contributed by atoms with Gasteiger partial charge in [-0.3, -0.25) is 9.59 Å². The fourth-order valence-electron chi connectivity index (χ4n) is 3.44. The molecule has 4 aromatic rings. The van der Waals surface area contributed by atoms with E-state index in [1.54, 1.807) is 30.5 Å². The van der Waals surface area contributed by atoms with Gasteiger partial charge in [-0.1, -0.05) is 30.3 Å². The Morgan fingerprint density at radius 1 is 1.00 bits per heavy atom. The lowest BCUT2D eigenvalue weighted by molar-refractivity contribution is 0.0987. The third-order valence-electron chi connectivity index (χ3n) is 5.01. The van der Waals surface area contributed by atoms with Gasteiger partial charge in [0.05, 0.1) is 18.2 Å². The summed E-state index contributed by atoms with van der Waals surface area (Å²) < 4.78 is 5.09. The van der Waals surface area contributed by atoms with Crippen LogP contribution in [-0.2, 0) is 13.0 Å². The molecule has 0 bridgehead atoms. The molecule has 1 amide bonds. The number of nitrogens with one attached hydrogen (secondary N) is 1. The molecule has 0 aliphatic rings. The molecule has 2 aromatic carbocycles. The van der Waals surface area contributed by atoms with Crippen LogP contribution in [0.5, 0.6) is 5.88 Å². The van der Waals surface area contributed by atoms with Gasteiger partial charge in [-0.25, -0.2) is 15.0 Å². The fraction of sp³-hybridized carbons (Fsp3) is 0.125. The average Bonchev–Trinajstić information content (AvgIpc) is 2.82. The molecule has 8 nitrogen and oxygen atoms in total. The predicted molar refractivity (Wildman–Crippen MR) is 121 cm³/mol. The highest BCUT2D eigenvalue weighted by molar-refractivity contribution is 6.06. The highest BCUT2D eigenvalue weighted by Gasteiger charge is 2.12. The SMILES string of the molecule is COc1cc(C(=O)Cc2cccc(CNc3ncnc4c(C(N)=O)cccc34)c2)ccn1. The molecule has 2 aromatic heterocycles. The van der Waals surface area contributed by atoms with Gasteiger partial charge in [-0.05, 0) is 29.3 Å². The van der Waals surface area contributed by atoms with E-state index in [9.17, 15) is 9.59 Å². The van der Waals surface area contributed by atoms with E-state index < -0.39 is 5.91 Å². The third-order valence-corrected chi connectivity index (χ3v) is 5.01. The summed E-state index contributed by atoms with van der Waals surface area (Å²) in [6, 6.07) is 16.3. The van der Waals surface area contributed by atoms with E-state index in [1.807, 2.05) is 30.3 Å². The van der Waals surface area contributed by atoms with Crippen LogP contribution in [0.3, 0.4) is 0 Å². The van der Waals surface area contributed by atoms with E-state index in [4.69, 9.17) is 10.5 Å². The Bertz CT molecular complexity index is 1310. The highest BCUT2D eigenvalue weighted by atomic mass is 16.5. The van der Waals surface area contributed by atoms with Crippen molar-refractivity contribution in [2.45, 2.75) is 13.0 Å². The van der Waals surface area contributed by atoms with Crippen LogP contribution in [0.15, 0.2) is 67.1 Å². The van der Waals surface area contributed by atoms with E-state index in [-0.39, 0.29) is 12.2 Å². The molecule has 160 valence electrons. The number of carbonyl (C=O) groups excluding carboxylic acids is 2. The first-order valence-electron chi connectivity index (χ1n) is 9.93. The quantitative estimate of drug-likeness (QED) is 0.414. The van der Waals surface area contributed by atoms with Crippen LogP contribution >= 0.6 is 0 Å². The first kappa shape index (κ1) is 20.9. The van der Waals surface area contributed by atoms with Crippen LogP contribution in [0.1, 0.15) is 31.8 Å². The Morgan fingerprint density at radius 3 is 2.62 bits per heavy atom. The standard InChI is InChI=1S/C24H21N5O3/c1-32-21-12-17(8-9-26-21)20(30)11-15-4-2-5-16(10-15)13-27-24-19-7-3-6-18(23(25)31)22(19)28-14-29-24/h2-10,12,14H,11,13H2,1H3,(H2,25,31)(H,27,28,29). The number of Topliss-reactive ketones (excluding diaryl/α,β-unsaturated/α-hetero) is 1. The lowest BCUT2D eigenvalue weighted by Crippen LogP contribution is -2.12. The van der Waals surface area contributed by atoms with E-state index in [1.165, 1.54) is 13.4 Å². The number of ether oxygens (including phenoxy) is 1. The maximum absolute atomic E-state index is 12.7. The molecule has 0 saturated heterocycles. The molecule has 0 fully saturated rings. The lowest BCUT2D eigenvalue weighted by atomic mass is 10.0. The normalized spacial score (nSPS) is 10.7. The Hall–Kier alpha value is -4.33. The zero-order valence-corrected chi connectivity index (χ0v) is 17.4. The number of hydrogen-bond donors (Lipinski definition) is 2. The number of primary amides is 1. The topological polar surface area (TPSA) is 120 Å². The van der Waals surface area contributed by atoms with Gasteiger partial charge < -0.3 is 15.8 Å². The van der Waals surface area contributed by atoms with Gasteiger partial charge in [0, 0.05) is 36.2 Å². The second-order valence-corrected chi connectivity index (χ2v) is 7.15. The Kier molecular flexibility index (Phi) is 6.03. The average molecular weight is 427 g/mol. The summed E-state index contributed by atoms with van der Waals surface area (Å²) in [4.78, 5) is 36.9. The van der Waals surface area contributed by atoms with Gasteiger partial charge in [0.25, 0.3) is 5.91 Å². The monoisotopic (exact) mass is 427 g/mol. The smallest absolute Gasteiger partial charge is 0.250 e. The molecule has 32 heavy (non-hydrogen) atoms. The zero-order chi connectivity index (χ0) is 22.5. The number of pyridine rings is 1. The van der Waals surface area contributed by atoms with Gasteiger partial charge in [-0.15, -0.1) is 0 Å². The van der Waals surface area contributed by atoms with Crippen LogP contribution in [0.2, 0.25) is 0 Å². The molecule has 8 heteroatoms. The molecule has 0 unspecified atom stereocenters. The van der Waals surface area contributed by atoms with Gasteiger partial charge in [0.15, 0.2) is 5.78 Å². The van der Waals surface area contributed by atoms with E-state index in [2.05, 4.69) is 20.3 Å². The summed E-state index contributed by atoms with van der Waals surface area (Å²) >= 11 is 0. The summed E-state index contributed by atoms with van der Waals surface area (Å²) in [6.07, 6.45) is 3.22. The van der Waals surface area contributed by atoms with Crippen LogP contribution < -0.4 is 15.8 Å². The minimum absolute atomic E-state index is 0.0171. The number of rotatable bonds is 8. The number of anilines is 1. The van der Waals surface area contributed by atoms with Crippen molar-refractivity contribution in [2.75, 3.05) is 12.4 Å². The first-order valence-corrected chi connectivity index (χ1v) is 9.93. The molecule has 0 spiro atoms. The number of fused-ring (bicyclic) bond motifs is 1. The maximum atomic E-state index is 12.7. The van der Waals surface area contributed by atoms with Crippen molar-refractivity contribution in [3.8, 4) is 5.88 Å². The molecule has 2 heterocycles. The molecular weight excluding hydrogens is 406 g/mol. The van der Waals surface area contributed by atoms with Crippen molar-refractivity contribution in [2.24, 2.45) is 5.73 Å². The van der Waals surface area contributed by atoms with E-state index >= 15 is 0 Å². The predicted octanol–water partition coefficient (Wildman–Crippen LogP) is 3.17. The largest absolute Gasteiger partial charge is 0.481 e. The number of para-hydroxylation sites is 1. The van der Waals surface area contributed by atoms with Crippen LogP contribution in [0.4, 0.5) is 5.82 Å². The number of nitrogens with two attached hydrogens (primary N) is 1. The maximum Gasteiger partial charge on any atom is 0.250 e. The molecule has 0 saturated carbocycles. The van der Waals surface area contributed by atoms with Crippen LogP contribution in [-0.4, -0.2) is 33.8 Å². The van der Waals surface area contributed by atoms with Crippen LogP contribution in [0, 0.1) is 0 Å². The number of amides is 1. The molecule has 0 radical (unpaired) electrons. The minimum Gasteiger partial charge on any atom is -0.481 e. The summed E-state index contributed by atoms with van der Waals surface area (Å²) in [5.41, 5.74) is 8.74. The van der Waals surface area contributed by atoms with E-state index in [0.717, 1.165) is 11.1 Å². The van der Waals surface area contributed by atoms with E-state index in [0.29, 0.717) is 40.3 Å². The minimum atomic E-state index is -0.538. The first-order chi connectivity index (χ1) is 15.5. The second-order valence-electron chi connectivity index (χ2n) is 7.15. The van der Waals surface area contributed by atoms with Crippen molar-refractivity contribution in [1.82, 2.24) is 15.0 Å². The number of ketones is 1. The molecule has 3 N–H and O–H groups in total. The Balaban J connectivity index is 1.50. The number of benzene rings is 2. The molecule has 0 aliphatic heterocycles. The second kappa shape index (κ2) is 9.22. The van der Waals surface area contributed by atoms with Gasteiger partial charge >= 0.3 is 0 Å². The Labute approximate surface area is 184 Å². The zero-order valence-electron chi connectivity index (χ0n) is 17.4. The summed E-state index contributed by atoms with van der Waals surface area (Å²) in [5, 5.41) is 3.99. The van der Waals surface area contributed by atoms with Crippen molar-refractivity contribution < 1.29 is 14.3 Å². The molecular formula is C24H21N5O3. The highest BCUT2D eigenvalue weighted by Crippen LogP contribution is 2.23. The van der Waals surface area contributed by atoms with Crippen LogP contribution in [0.25, 0.3) is 10.9 Å². The molecule has 4 rings (SSSR count). The van der Waals surface area contributed by atoms with Crippen molar-refractivity contribution >= 4 is 28.4 Å². The number of methoxy groups -OCH3 is 1. The number of aromatic nitrogens is 3. The summed E-state index contributed by atoms with van der Waals surface area (Å²) in [6.45, 7) is 0.484. The number of carbonyl (C=O) groups is 2. The Morgan fingerprint density at radius 2 is 1.81 bits per heavy atom. The van der Waals surface area contributed by atoms with Crippen molar-refractivity contribution in [1.29, 1.82) is 0 Å². The summed E-state index contributed by atoms with van der Waals surface area (Å²) in [7, 11) is 1.52. The molecule has 0 atom stereocenters. The third kappa shape index (κ3) is 4.54. The summed E-state index contributed by atoms with van der Waals surface area (Å²) in [5.74, 6) is 0.454. The van der Waals surface area contributed by atoms with Crippen molar-refractivity contribution in [3.63, 3.8) is 0 Å². The van der Waals surface area contributed by atoms with Crippen molar-refractivity contribution in [3.05, 3.63) is 89.4 Å². The number of hydrogen-bond acceptors (Lipinski definition) is 7. The van der Waals surface area contributed by atoms with Gasteiger partial charge in [0.2, 0.25) is 5.88 Å². The van der Waals surface area contributed by atoms with Gasteiger partial charge in [0.1, 0.15) is 12.1 Å².